The lowest BCUT2D eigenvalue weighted by Crippen LogP contribution is -2.34. The third-order valence-corrected chi connectivity index (χ3v) is 2.65. The van der Waals surface area contributed by atoms with Gasteiger partial charge in [0.1, 0.15) is 0 Å². The van der Waals surface area contributed by atoms with E-state index in [4.69, 9.17) is 0 Å². The molecule has 1 unspecified atom stereocenters. The van der Waals surface area contributed by atoms with Crippen LogP contribution in [-0.2, 0) is 9.59 Å². The van der Waals surface area contributed by atoms with E-state index in [9.17, 15) is 19.8 Å². The number of aromatic amines is 1. The molecule has 1 N–H and O–H groups in total. The predicted molar refractivity (Wildman–Crippen MR) is 55.7 cm³/mol. The van der Waals surface area contributed by atoms with E-state index in [0.717, 1.165) is 5.52 Å². The van der Waals surface area contributed by atoms with Crippen molar-refractivity contribution < 1.29 is 19.8 Å². The summed E-state index contributed by atoms with van der Waals surface area (Å²) >= 11 is 0. The van der Waals surface area contributed by atoms with E-state index in [1.807, 2.05) is 0 Å². The van der Waals surface area contributed by atoms with Gasteiger partial charge in [-0.1, -0.05) is 18.2 Å². The number of carboxylic acid groups (broad SMARTS) is 2. The molecule has 88 valence electrons. The highest BCUT2D eigenvalue weighted by atomic mass is 16.4. The molecule has 0 fully saturated rings. The van der Waals surface area contributed by atoms with Gasteiger partial charge in [-0.25, -0.2) is 0 Å². The Bertz CT molecular complexity index is 573. The number of aliphatic carboxylic acids is 2. The van der Waals surface area contributed by atoms with Crippen molar-refractivity contribution in [2.24, 2.45) is 0 Å². The van der Waals surface area contributed by atoms with Crippen LogP contribution in [0.2, 0.25) is 0 Å². The van der Waals surface area contributed by atoms with Gasteiger partial charge < -0.3 is 24.8 Å². The van der Waals surface area contributed by atoms with Gasteiger partial charge in [0, 0.05) is 35.0 Å². The molecule has 0 aliphatic rings. The fraction of sp³-hybridized carbons (Fsp3) is 0.167. The minimum atomic E-state index is -1.42. The molecule has 0 radical (unpaired) electrons. The second kappa shape index (κ2) is 4.29. The molecule has 5 heteroatoms. The normalized spacial score (nSPS) is 12.5. The quantitative estimate of drug-likeness (QED) is 0.740. The first-order valence-electron chi connectivity index (χ1n) is 5.06. The number of carbonyl (C=O) groups excluding carboxylic acids is 2. The summed E-state index contributed by atoms with van der Waals surface area (Å²) in [4.78, 5) is 24.4. The van der Waals surface area contributed by atoms with Crippen LogP contribution in [0.1, 0.15) is 17.9 Å². The Balaban J connectivity index is 2.48. The second-order valence-electron chi connectivity index (χ2n) is 3.74. The van der Waals surface area contributed by atoms with Crippen LogP contribution in [0.4, 0.5) is 0 Å². The monoisotopic (exact) mass is 231 g/mol. The van der Waals surface area contributed by atoms with Crippen LogP contribution in [-0.4, -0.2) is 16.9 Å². The van der Waals surface area contributed by atoms with Crippen LogP contribution < -0.4 is 10.2 Å². The Morgan fingerprint density at radius 1 is 1.24 bits per heavy atom. The van der Waals surface area contributed by atoms with Crippen molar-refractivity contribution >= 4 is 22.8 Å². The Hall–Kier alpha value is -2.30. The third-order valence-electron chi connectivity index (χ3n) is 2.65. The van der Waals surface area contributed by atoms with E-state index in [-0.39, 0.29) is 0 Å². The van der Waals surface area contributed by atoms with Gasteiger partial charge in [0.15, 0.2) is 0 Å². The number of rotatable bonds is 4. The Kier molecular flexibility index (Phi) is 2.82. The number of benzene rings is 1. The molecule has 0 spiro atoms. The summed E-state index contributed by atoms with van der Waals surface area (Å²) in [7, 11) is 0. The van der Waals surface area contributed by atoms with Crippen LogP contribution in [0.25, 0.3) is 10.9 Å². The topological polar surface area (TPSA) is 96.0 Å². The first-order valence-corrected chi connectivity index (χ1v) is 5.06. The fourth-order valence-electron chi connectivity index (χ4n) is 1.87. The molecule has 5 nitrogen and oxygen atoms in total. The second-order valence-corrected chi connectivity index (χ2v) is 3.74. The van der Waals surface area contributed by atoms with Gasteiger partial charge in [0.25, 0.3) is 0 Å². The maximum atomic E-state index is 11.0. The highest BCUT2D eigenvalue weighted by molar-refractivity contribution is 5.90. The van der Waals surface area contributed by atoms with Gasteiger partial charge in [-0.2, -0.15) is 0 Å². The van der Waals surface area contributed by atoms with Crippen LogP contribution in [0.3, 0.4) is 0 Å². The lowest BCUT2D eigenvalue weighted by Gasteiger charge is -2.17. The molecule has 17 heavy (non-hydrogen) atoms. The summed E-state index contributed by atoms with van der Waals surface area (Å²) < 4.78 is 0. The van der Waals surface area contributed by atoms with Gasteiger partial charge in [0.05, 0.1) is 0 Å². The minimum Gasteiger partial charge on any atom is -0.550 e. The molecule has 1 aromatic carbocycles. The number of carbonyl (C=O) groups is 2. The number of nitrogens with one attached hydrogen (secondary N) is 1. The van der Waals surface area contributed by atoms with Crippen molar-refractivity contribution in [2.75, 3.05) is 0 Å². The lowest BCUT2D eigenvalue weighted by molar-refractivity contribution is -0.317. The van der Waals surface area contributed by atoms with Crippen molar-refractivity contribution in [1.82, 2.24) is 4.98 Å². The summed E-state index contributed by atoms with van der Waals surface area (Å²) in [5.74, 6) is -4.03. The SMILES string of the molecule is O=C([O-])CC(C(=O)[O-])c1c[nH]c2ccccc12. The number of H-pyrrole nitrogens is 1. The molecular weight excluding hydrogens is 222 g/mol. The van der Waals surface area contributed by atoms with Gasteiger partial charge in [-0.15, -0.1) is 0 Å². The zero-order chi connectivity index (χ0) is 12.4. The molecule has 0 aliphatic carbocycles. The van der Waals surface area contributed by atoms with E-state index < -0.39 is 24.3 Å². The lowest BCUT2D eigenvalue weighted by atomic mass is 9.95. The van der Waals surface area contributed by atoms with E-state index in [1.54, 1.807) is 24.3 Å². The first-order chi connectivity index (χ1) is 8.09. The molecular formula is C12H9NO4-2. The summed E-state index contributed by atoms with van der Waals surface area (Å²) in [6, 6.07) is 7.07. The van der Waals surface area contributed by atoms with Gasteiger partial charge in [-0.3, -0.25) is 0 Å². The first kappa shape index (κ1) is 11.2. The number of fused-ring (bicyclic) bond motifs is 1. The van der Waals surface area contributed by atoms with Crippen molar-refractivity contribution in [3.63, 3.8) is 0 Å². The van der Waals surface area contributed by atoms with E-state index in [2.05, 4.69) is 4.98 Å². The van der Waals surface area contributed by atoms with E-state index >= 15 is 0 Å². The standard InChI is InChI=1S/C12H11NO4/c14-11(15)5-8(12(16)17)9-6-13-10-4-2-1-3-7(9)10/h1-4,6,8,13H,5H2,(H,14,15)(H,16,17)/p-2. The van der Waals surface area contributed by atoms with Crippen LogP contribution in [0.5, 0.6) is 0 Å². The van der Waals surface area contributed by atoms with Crippen LogP contribution >= 0.6 is 0 Å². The third kappa shape index (κ3) is 2.13. The van der Waals surface area contributed by atoms with E-state index in [0.29, 0.717) is 10.9 Å². The highest BCUT2D eigenvalue weighted by Gasteiger charge is 2.17. The predicted octanol–water partition coefficient (Wildman–Crippen LogP) is -0.859. The molecule has 0 saturated heterocycles. The number of hydrogen-bond donors (Lipinski definition) is 1. The maximum Gasteiger partial charge on any atom is 0.0493 e. The molecule has 1 heterocycles. The number of aromatic nitrogens is 1. The minimum absolute atomic E-state index is 0.407. The van der Waals surface area contributed by atoms with Crippen molar-refractivity contribution in [1.29, 1.82) is 0 Å². The molecule has 2 rings (SSSR count). The Morgan fingerprint density at radius 2 is 1.94 bits per heavy atom. The van der Waals surface area contributed by atoms with Gasteiger partial charge >= 0.3 is 0 Å². The molecule has 0 aliphatic heterocycles. The summed E-state index contributed by atoms with van der Waals surface area (Å²) in [6.45, 7) is 0. The molecule has 0 bridgehead atoms. The summed E-state index contributed by atoms with van der Waals surface area (Å²) in [5.41, 5.74) is 1.16. The maximum absolute atomic E-state index is 11.0. The summed E-state index contributed by atoms with van der Waals surface area (Å²) in [5, 5.41) is 22.2. The molecule has 0 saturated carbocycles. The molecule has 1 atom stereocenters. The van der Waals surface area contributed by atoms with Crippen molar-refractivity contribution in [3.05, 3.63) is 36.0 Å². The highest BCUT2D eigenvalue weighted by Crippen LogP contribution is 2.27. The average Bonchev–Trinajstić information content (AvgIpc) is 2.69. The average molecular weight is 231 g/mol. The summed E-state index contributed by atoms with van der Waals surface area (Å²) in [6.07, 6.45) is 0.901. The number of para-hydroxylation sites is 1. The van der Waals surface area contributed by atoms with Gasteiger partial charge in [0.2, 0.25) is 0 Å². The number of hydrogen-bond acceptors (Lipinski definition) is 4. The Morgan fingerprint density at radius 3 is 2.59 bits per heavy atom. The zero-order valence-corrected chi connectivity index (χ0v) is 8.80. The zero-order valence-electron chi connectivity index (χ0n) is 8.80. The fourth-order valence-corrected chi connectivity index (χ4v) is 1.87. The number of carboxylic acids is 2. The van der Waals surface area contributed by atoms with E-state index in [1.165, 1.54) is 6.20 Å². The van der Waals surface area contributed by atoms with Gasteiger partial charge in [-0.05, 0) is 18.1 Å². The van der Waals surface area contributed by atoms with Crippen molar-refractivity contribution in [2.45, 2.75) is 12.3 Å². The van der Waals surface area contributed by atoms with Crippen LogP contribution in [0, 0.1) is 0 Å². The van der Waals surface area contributed by atoms with Crippen molar-refractivity contribution in [3.8, 4) is 0 Å². The van der Waals surface area contributed by atoms with Crippen LogP contribution in [0.15, 0.2) is 30.5 Å². The molecule has 2 aromatic rings. The Labute approximate surface area is 96.7 Å². The largest absolute Gasteiger partial charge is 0.550 e. The molecule has 1 aromatic heterocycles. The molecule has 0 amide bonds. The smallest absolute Gasteiger partial charge is 0.0493 e.